The zero-order valence-corrected chi connectivity index (χ0v) is 13.9. The number of hydrogen-bond acceptors (Lipinski definition) is 4. The van der Waals surface area contributed by atoms with Crippen molar-refractivity contribution in [2.45, 2.75) is 18.7 Å². The van der Waals surface area contributed by atoms with Gasteiger partial charge in [0.05, 0.1) is 16.2 Å². The molecule has 0 unspecified atom stereocenters. The molecule has 0 aliphatic rings. The van der Waals surface area contributed by atoms with Crippen LogP contribution in [0.1, 0.15) is 24.2 Å². The Morgan fingerprint density at radius 1 is 1.30 bits per heavy atom. The van der Waals surface area contributed by atoms with Gasteiger partial charge in [-0.05, 0) is 47.2 Å². The number of nitrogens with zero attached hydrogens (tertiary/aromatic N) is 1. The van der Waals surface area contributed by atoms with Crippen LogP contribution in [0.4, 0.5) is 0 Å². The minimum atomic E-state index is -3.51. The molecule has 0 saturated heterocycles. The summed E-state index contributed by atoms with van der Waals surface area (Å²) in [6, 6.07) is 4.02. The second-order valence-electron chi connectivity index (χ2n) is 4.30. The third-order valence-electron chi connectivity index (χ3n) is 3.08. The van der Waals surface area contributed by atoms with Crippen molar-refractivity contribution in [2.24, 2.45) is 0 Å². The summed E-state index contributed by atoms with van der Waals surface area (Å²) < 4.78 is 25.0. The maximum atomic E-state index is 12.3. The van der Waals surface area contributed by atoms with E-state index in [9.17, 15) is 13.2 Å². The van der Waals surface area contributed by atoms with Crippen molar-refractivity contribution in [3.8, 4) is 0 Å². The molecule has 0 aliphatic carbocycles. The molecule has 20 heavy (non-hydrogen) atoms. The highest BCUT2D eigenvalue weighted by Crippen LogP contribution is 2.24. The predicted octanol–water partition coefficient (Wildman–Crippen LogP) is 2.26. The van der Waals surface area contributed by atoms with Gasteiger partial charge < -0.3 is 10.0 Å². The SMILES string of the molecule is CCN(CC)CCS(=O)(=O)c1cc(C(=O)O)ccc1Br. The number of aromatic carboxylic acids is 1. The van der Waals surface area contributed by atoms with Gasteiger partial charge >= 0.3 is 5.97 Å². The second-order valence-corrected chi connectivity index (χ2v) is 7.23. The van der Waals surface area contributed by atoms with Gasteiger partial charge in [-0.15, -0.1) is 0 Å². The highest BCUT2D eigenvalue weighted by molar-refractivity contribution is 9.10. The van der Waals surface area contributed by atoms with Gasteiger partial charge in [0.25, 0.3) is 0 Å². The van der Waals surface area contributed by atoms with Crippen LogP contribution in [0.15, 0.2) is 27.6 Å². The standard InChI is InChI=1S/C13H18BrNO4S/c1-3-15(4-2)7-8-20(18,19)12-9-10(13(16)17)5-6-11(12)14/h5-6,9H,3-4,7-8H2,1-2H3,(H,16,17). The molecule has 5 nitrogen and oxygen atoms in total. The molecule has 1 N–H and O–H groups in total. The van der Waals surface area contributed by atoms with Crippen molar-refractivity contribution >= 4 is 31.7 Å². The Morgan fingerprint density at radius 2 is 1.90 bits per heavy atom. The predicted molar refractivity (Wildman–Crippen MR) is 80.9 cm³/mol. The Morgan fingerprint density at radius 3 is 2.40 bits per heavy atom. The monoisotopic (exact) mass is 363 g/mol. The number of sulfone groups is 1. The lowest BCUT2D eigenvalue weighted by atomic mass is 10.2. The van der Waals surface area contributed by atoms with Crippen LogP contribution in [0, 0.1) is 0 Å². The van der Waals surface area contributed by atoms with Crippen molar-refractivity contribution in [3.05, 3.63) is 28.2 Å². The molecule has 0 spiro atoms. The Labute approximate surface area is 127 Å². The topological polar surface area (TPSA) is 74.7 Å². The molecule has 1 aromatic carbocycles. The molecule has 0 heterocycles. The van der Waals surface area contributed by atoms with Gasteiger partial charge in [-0.3, -0.25) is 0 Å². The minimum Gasteiger partial charge on any atom is -0.478 e. The molecule has 0 saturated carbocycles. The highest BCUT2D eigenvalue weighted by atomic mass is 79.9. The van der Waals surface area contributed by atoms with Crippen LogP contribution >= 0.6 is 15.9 Å². The summed E-state index contributed by atoms with van der Waals surface area (Å²) in [6.45, 7) is 5.93. The fourth-order valence-corrected chi connectivity index (χ4v) is 4.15. The van der Waals surface area contributed by atoms with Crippen LogP contribution in [0.2, 0.25) is 0 Å². The Bertz CT molecular complexity index is 582. The molecule has 0 bridgehead atoms. The van der Waals surface area contributed by atoms with E-state index in [1.807, 2.05) is 18.7 Å². The van der Waals surface area contributed by atoms with Crippen molar-refractivity contribution in [2.75, 3.05) is 25.4 Å². The van der Waals surface area contributed by atoms with Crippen molar-refractivity contribution < 1.29 is 18.3 Å². The first kappa shape index (κ1) is 17.1. The number of halogens is 1. The maximum Gasteiger partial charge on any atom is 0.335 e. The summed E-state index contributed by atoms with van der Waals surface area (Å²) in [5.74, 6) is -1.17. The molecule has 0 aromatic heterocycles. The van der Waals surface area contributed by atoms with E-state index in [1.165, 1.54) is 18.2 Å². The third kappa shape index (κ3) is 4.29. The molecule has 1 rings (SSSR count). The summed E-state index contributed by atoms with van der Waals surface area (Å²) in [6.07, 6.45) is 0. The summed E-state index contributed by atoms with van der Waals surface area (Å²) >= 11 is 3.17. The van der Waals surface area contributed by atoms with E-state index in [4.69, 9.17) is 5.11 Å². The van der Waals surface area contributed by atoms with E-state index >= 15 is 0 Å². The quantitative estimate of drug-likeness (QED) is 0.803. The van der Waals surface area contributed by atoms with Gasteiger partial charge in [-0.2, -0.15) is 0 Å². The molecular weight excluding hydrogens is 346 g/mol. The summed E-state index contributed by atoms with van der Waals surface area (Å²) in [5, 5.41) is 8.94. The Balaban J connectivity index is 3.03. The number of rotatable bonds is 7. The van der Waals surface area contributed by atoms with E-state index in [1.54, 1.807) is 0 Å². The molecule has 0 atom stereocenters. The number of benzene rings is 1. The number of carboxylic acid groups (broad SMARTS) is 1. The zero-order chi connectivity index (χ0) is 15.3. The van der Waals surface area contributed by atoms with Gasteiger partial charge in [0.2, 0.25) is 0 Å². The molecule has 1 aromatic rings. The molecule has 0 fully saturated rings. The smallest absolute Gasteiger partial charge is 0.335 e. The first-order valence-corrected chi connectivity index (χ1v) is 8.74. The average molecular weight is 364 g/mol. The van der Waals surface area contributed by atoms with E-state index in [0.29, 0.717) is 11.0 Å². The molecule has 0 amide bonds. The lowest BCUT2D eigenvalue weighted by molar-refractivity contribution is 0.0696. The van der Waals surface area contributed by atoms with Crippen molar-refractivity contribution in [1.82, 2.24) is 4.90 Å². The first-order chi connectivity index (χ1) is 9.31. The highest BCUT2D eigenvalue weighted by Gasteiger charge is 2.20. The van der Waals surface area contributed by atoms with Crippen molar-refractivity contribution in [1.29, 1.82) is 0 Å². The van der Waals surface area contributed by atoms with Crippen LogP contribution < -0.4 is 0 Å². The lowest BCUT2D eigenvalue weighted by Gasteiger charge is -2.18. The van der Waals surface area contributed by atoms with Crippen LogP contribution in [0.3, 0.4) is 0 Å². The van der Waals surface area contributed by atoms with Gasteiger partial charge in [0.1, 0.15) is 0 Å². The van der Waals surface area contributed by atoms with Gasteiger partial charge in [-0.1, -0.05) is 13.8 Å². The van der Waals surface area contributed by atoms with Gasteiger partial charge in [0, 0.05) is 11.0 Å². The second kappa shape index (κ2) is 7.19. The Hall–Kier alpha value is -0.920. The summed E-state index contributed by atoms with van der Waals surface area (Å²) in [4.78, 5) is 13.0. The largest absolute Gasteiger partial charge is 0.478 e. The molecule has 112 valence electrons. The van der Waals surface area contributed by atoms with Crippen LogP contribution in [0.25, 0.3) is 0 Å². The summed E-state index contributed by atoms with van der Waals surface area (Å²) in [5.41, 5.74) is -0.0328. The number of carbonyl (C=O) groups is 1. The number of carboxylic acids is 1. The van der Waals surface area contributed by atoms with Gasteiger partial charge in [0.15, 0.2) is 9.84 Å². The van der Waals surface area contributed by atoms with E-state index in [2.05, 4.69) is 15.9 Å². The molecule has 0 radical (unpaired) electrons. The van der Waals surface area contributed by atoms with Crippen LogP contribution in [-0.2, 0) is 9.84 Å². The average Bonchev–Trinajstić information content (AvgIpc) is 2.39. The van der Waals surface area contributed by atoms with Crippen LogP contribution in [-0.4, -0.2) is 49.8 Å². The van der Waals surface area contributed by atoms with Gasteiger partial charge in [-0.25, -0.2) is 13.2 Å². The normalized spacial score (nSPS) is 11.8. The first-order valence-electron chi connectivity index (χ1n) is 6.29. The minimum absolute atomic E-state index is 0.0314. The maximum absolute atomic E-state index is 12.3. The molecule has 7 heteroatoms. The number of hydrogen-bond donors (Lipinski definition) is 1. The summed E-state index contributed by atoms with van der Waals surface area (Å²) in [7, 11) is -3.51. The van der Waals surface area contributed by atoms with E-state index in [0.717, 1.165) is 13.1 Å². The van der Waals surface area contributed by atoms with Crippen molar-refractivity contribution in [3.63, 3.8) is 0 Å². The fraction of sp³-hybridized carbons (Fsp3) is 0.462. The molecule has 0 aliphatic heterocycles. The van der Waals surface area contributed by atoms with Crippen LogP contribution in [0.5, 0.6) is 0 Å². The lowest BCUT2D eigenvalue weighted by Crippen LogP contribution is -2.29. The third-order valence-corrected chi connectivity index (χ3v) is 5.77. The molecular formula is C13H18BrNO4S. The zero-order valence-electron chi connectivity index (χ0n) is 11.5. The van der Waals surface area contributed by atoms with E-state index < -0.39 is 15.8 Å². The Kier molecular flexibility index (Phi) is 6.16. The van der Waals surface area contributed by atoms with E-state index in [-0.39, 0.29) is 16.2 Å². The fourth-order valence-electron chi connectivity index (χ4n) is 1.77.